The Morgan fingerprint density at radius 2 is 2.11 bits per heavy atom. The summed E-state index contributed by atoms with van der Waals surface area (Å²) in [6, 6.07) is 7.06. The average molecular weight is 263 g/mol. The molecule has 1 N–H and O–H groups in total. The first-order valence-electron chi connectivity index (χ1n) is 6.22. The smallest absolute Gasteiger partial charge is 0.167 e. The van der Waals surface area contributed by atoms with Gasteiger partial charge in [0, 0.05) is 5.56 Å². The fraction of sp³-hybridized carbons (Fsp3) is 0.333. The molecule has 0 aliphatic rings. The van der Waals surface area contributed by atoms with Crippen molar-refractivity contribution < 1.29 is 13.5 Å². The first kappa shape index (κ1) is 13.6. The van der Waals surface area contributed by atoms with E-state index in [0.717, 1.165) is 17.1 Å². The summed E-state index contributed by atoms with van der Waals surface area (Å²) in [7, 11) is 1.86. The molecule has 1 aromatic heterocycles. The van der Waals surface area contributed by atoms with Crippen LogP contribution >= 0.6 is 0 Å². The van der Waals surface area contributed by atoms with Gasteiger partial charge in [-0.1, -0.05) is 12.1 Å². The van der Waals surface area contributed by atoms with Crippen LogP contribution in [0.15, 0.2) is 28.7 Å². The van der Waals surface area contributed by atoms with E-state index in [9.17, 15) is 4.39 Å². The Morgan fingerprint density at radius 1 is 1.32 bits per heavy atom. The fourth-order valence-corrected chi connectivity index (χ4v) is 1.88. The molecular weight excluding hydrogens is 245 g/mol. The van der Waals surface area contributed by atoms with E-state index in [1.165, 1.54) is 0 Å². The summed E-state index contributed by atoms with van der Waals surface area (Å²) >= 11 is 0. The molecule has 1 aromatic carbocycles. The summed E-state index contributed by atoms with van der Waals surface area (Å²) in [5.74, 6) is 1.62. The van der Waals surface area contributed by atoms with Crippen molar-refractivity contribution in [3.63, 3.8) is 0 Å². The van der Waals surface area contributed by atoms with Crippen LogP contribution in [0.2, 0.25) is 0 Å². The van der Waals surface area contributed by atoms with Crippen molar-refractivity contribution in [2.75, 3.05) is 7.05 Å². The minimum absolute atomic E-state index is 0.274. The van der Waals surface area contributed by atoms with Crippen LogP contribution < -0.4 is 10.1 Å². The number of aryl methyl sites for hydroxylation is 2. The molecule has 19 heavy (non-hydrogen) atoms. The molecule has 1 heterocycles. The van der Waals surface area contributed by atoms with Crippen molar-refractivity contribution >= 4 is 0 Å². The quantitative estimate of drug-likeness (QED) is 0.898. The van der Waals surface area contributed by atoms with Crippen LogP contribution in [0.25, 0.3) is 0 Å². The van der Waals surface area contributed by atoms with Crippen LogP contribution in [-0.2, 0) is 13.2 Å². The van der Waals surface area contributed by atoms with Gasteiger partial charge in [-0.25, -0.2) is 4.39 Å². The normalized spacial score (nSPS) is 10.7. The van der Waals surface area contributed by atoms with Crippen molar-refractivity contribution in [1.82, 2.24) is 5.32 Å². The zero-order valence-electron chi connectivity index (χ0n) is 11.4. The van der Waals surface area contributed by atoms with Gasteiger partial charge in [-0.15, -0.1) is 0 Å². The molecule has 0 atom stereocenters. The lowest BCUT2D eigenvalue weighted by atomic mass is 10.2. The third kappa shape index (κ3) is 3.15. The summed E-state index contributed by atoms with van der Waals surface area (Å²) in [6.07, 6.45) is 0. The van der Waals surface area contributed by atoms with Crippen molar-refractivity contribution in [2.24, 2.45) is 0 Å². The zero-order chi connectivity index (χ0) is 13.8. The number of benzene rings is 1. The molecule has 2 aromatic rings. The number of rotatable bonds is 5. The highest BCUT2D eigenvalue weighted by Gasteiger charge is 2.10. The fourth-order valence-electron chi connectivity index (χ4n) is 1.88. The van der Waals surface area contributed by atoms with Gasteiger partial charge in [-0.3, -0.25) is 0 Å². The Kier molecular flexibility index (Phi) is 4.22. The van der Waals surface area contributed by atoms with Crippen LogP contribution in [0.1, 0.15) is 22.6 Å². The lowest BCUT2D eigenvalue weighted by Crippen LogP contribution is -2.03. The molecule has 0 aliphatic heterocycles. The number of ether oxygens (including phenoxy) is 1. The molecule has 0 saturated heterocycles. The first-order valence-corrected chi connectivity index (χ1v) is 6.22. The summed E-state index contributed by atoms with van der Waals surface area (Å²) in [5, 5.41) is 3.02. The molecule has 0 bridgehead atoms. The molecule has 0 amide bonds. The van der Waals surface area contributed by atoms with Crippen LogP contribution in [0.3, 0.4) is 0 Å². The van der Waals surface area contributed by atoms with Crippen molar-refractivity contribution in [3.8, 4) is 5.75 Å². The first-order chi connectivity index (χ1) is 9.11. The molecule has 2 rings (SSSR count). The number of hydrogen-bond donors (Lipinski definition) is 1. The molecule has 0 saturated carbocycles. The van der Waals surface area contributed by atoms with Gasteiger partial charge in [0.25, 0.3) is 0 Å². The van der Waals surface area contributed by atoms with Gasteiger partial charge in [0.05, 0.1) is 6.54 Å². The van der Waals surface area contributed by atoms with E-state index >= 15 is 0 Å². The number of halogens is 1. The second-order valence-corrected chi connectivity index (χ2v) is 4.50. The SMILES string of the molecule is CNCc1cc(COc2cccc(C)c2F)c(C)o1. The Bertz CT molecular complexity index is 563. The Balaban J connectivity index is 2.08. The maximum absolute atomic E-state index is 13.8. The van der Waals surface area contributed by atoms with E-state index < -0.39 is 0 Å². The molecule has 0 radical (unpaired) electrons. The molecule has 3 nitrogen and oxygen atoms in total. The van der Waals surface area contributed by atoms with Gasteiger partial charge in [0.1, 0.15) is 18.1 Å². The topological polar surface area (TPSA) is 34.4 Å². The van der Waals surface area contributed by atoms with E-state index in [2.05, 4.69) is 5.32 Å². The highest BCUT2D eigenvalue weighted by Crippen LogP contribution is 2.22. The van der Waals surface area contributed by atoms with Gasteiger partial charge in [-0.2, -0.15) is 0 Å². The van der Waals surface area contributed by atoms with Gasteiger partial charge >= 0.3 is 0 Å². The lowest BCUT2D eigenvalue weighted by Gasteiger charge is -2.07. The Morgan fingerprint density at radius 3 is 2.84 bits per heavy atom. The average Bonchev–Trinajstić information content (AvgIpc) is 2.72. The minimum atomic E-state index is -0.306. The third-order valence-corrected chi connectivity index (χ3v) is 2.96. The van der Waals surface area contributed by atoms with E-state index in [-0.39, 0.29) is 11.6 Å². The van der Waals surface area contributed by atoms with Crippen molar-refractivity contribution in [3.05, 3.63) is 52.7 Å². The highest BCUT2D eigenvalue weighted by atomic mass is 19.1. The van der Waals surface area contributed by atoms with Crippen molar-refractivity contribution in [1.29, 1.82) is 0 Å². The van der Waals surface area contributed by atoms with Crippen LogP contribution in [0, 0.1) is 19.7 Å². The molecular formula is C15H18FNO2. The molecule has 4 heteroatoms. The van der Waals surface area contributed by atoms with Gasteiger partial charge in [0.15, 0.2) is 11.6 Å². The molecule has 0 fully saturated rings. The van der Waals surface area contributed by atoms with Gasteiger partial charge in [-0.05, 0) is 38.6 Å². The number of furan rings is 1. The molecule has 0 spiro atoms. The van der Waals surface area contributed by atoms with Gasteiger partial charge < -0.3 is 14.5 Å². The maximum Gasteiger partial charge on any atom is 0.167 e. The lowest BCUT2D eigenvalue weighted by molar-refractivity contribution is 0.287. The van der Waals surface area contributed by atoms with E-state index in [4.69, 9.17) is 9.15 Å². The number of hydrogen-bond acceptors (Lipinski definition) is 3. The summed E-state index contributed by atoms with van der Waals surface area (Å²) in [5.41, 5.74) is 1.52. The Labute approximate surface area is 112 Å². The van der Waals surface area contributed by atoms with E-state index in [0.29, 0.717) is 18.7 Å². The minimum Gasteiger partial charge on any atom is -0.486 e. The van der Waals surface area contributed by atoms with Gasteiger partial charge in [0.2, 0.25) is 0 Å². The second kappa shape index (κ2) is 5.89. The van der Waals surface area contributed by atoms with Crippen LogP contribution in [0.5, 0.6) is 5.75 Å². The largest absolute Gasteiger partial charge is 0.486 e. The van der Waals surface area contributed by atoms with Crippen LogP contribution in [-0.4, -0.2) is 7.05 Å². The number of nitrogens with one attached hydrogen (secondary N) is 1. The second-order valence-electron chi connectivity index (χ2n) is 4.50. The summed E-state index contributed by atoms with van der Waals surface area (Å²) in [4.78, 5) is 0. The standard InChI is InChI=1S/C15H18FNO2/c1-10-5-4-6-14(15(10)16)18-9-12-7-13(8-17-3)19-11(12)2/h4-7,17H,8-9H2,1-3H3. The van der Waals surface area contributed by atoms with Crippen molar-refractivity contribution in [2.45, 2.75) is 27.0 Å². The zero-order valence-corrected chi connectivity index (χ0v) is 11.4. The monoisotopic (exact) mass is 263 g/mol. The predicted molar refractivity (Wildman–Crippen MR) is 71.7 cm³/mol. The summed E-state index contributed by atoms with van der Waals surface area (Å²) < 4.78 is 24.9. The third-order valence-electron chi connectivity index (χ3n) is 2.96. The van der Waals surface area contributed by atoms with E-state index in [1.807, 2.05) is 20.0 Å². The molecule has 0 unspecified atom stereocenters. The summed E-state index contributed by atoms with van der Waals surface area (Å²) in [6.45, 7) is 4.57. The highest BCUT2D eigenvalue weighted by molar-refractivity contribution is 5.30. The predicted octanol–water partition coefficient (Wildman–Crippen LogP) is 3.33. The Hall–Kier alpha value is -1.81. The molecule has 0 aliphatic carbocycles. The maximum atomic E-state index is 13.8. The molecule has 102 valence electrons. The van der Waals surface area contributed by atoms with Crippen LogP contribution in [0.4, 0.5) is 4.39 Å². The van der Waals surface area contributed by atoms with E-state index in [1.54, 1.807) is 25.1 Å².